The molecule has 12 heavy (non-hydrogen) atoms. The number of hydrogen-bond donors (Lipinski definition) is 3. The molecule has 0 fully saturated rings. The molecular formula is C8H13NO3. The Balaban J connectivity index is 2.29. The van der Waals surface area contributed by atoms with Crippen molar-refractivity contribution < 1.29 is 14.9 Å². The highest BCUT2D eigenvalue weighted by Gasteiger charge is 2.09. The fraction of sp³-hybridized carbons (Fsp3) is 0.500. The average molecular weight is 171 g/mol. The Hall–Kier alpha value is -1.00. The van der Waals surface area contributed by atoms with E-state index in [4.69, 9.17) is 14.9 Å². The third-order valence-corrected chi connectivity index (χ3v) is 1.53. The average Bonchev–Trinajstić information content (AvgIpc) is 2.51. The number of ether oxygens (including phenoxy) is 1. The smallest absolute Gasteiger partial charge is 0.188 e. The van der Waals surface area contributed by atoms with Gasteiger partial charge in [0.15, 0.2) is 6.23 Å². The standard InChI is InChI=1S/C8H13NO3/c1-6(10)7(11)2-3-8-9-4-5-12-8/h2-11H,1H3. The molecule has 0 radical (unpaired) electrons. The quantitative estimate of drug-likeness (QED) is 0.510. The monoisotopic (exact) mass is 171 g/mol. The first kappa shape index (κ1) is 9.09. The number of nitrogens with one attached hydrogen (secondary N) is 1. The molecule has 1 heterocycles. The molecule has 1 aliphatic heterocycles. The van der Waals surface area contributed by atoms with Crippen molar-refractivity contribution in [2.24, 2.45) is 0 Å². The van der Waals surface area contributed by atoms with Crippen LogP contribution in [0, 0.1) is 0 Å². The highest BCUT2D eigenvalue weighted by molar-refractivity contribution is 4.99. The Labute approximate surface area is 71.2 Å². The summed E-state index contributed by atoms with van der Waals surface area (Å²) in [4.78, 5) is 0. The third kappa shape index (κ3) is 2.56. The summed E-state index contributed by atoms with van der Waals surface area (Å²) in [7, 11) is 0. The summed E-state index contributed by atoms with van der Waals surface area (Å²) in [6, 6.07) is 0. The normalized spacial score (nSPS) is 26.8. The van der Waals surface area contributed by atoms with Crippen molar-refractivity contribution in [3.05, 3.63) is 24.6 Å². The van der Waals surface area contributed by atoms with Crippen LogP contribution in [0.2, 0.25) is 0 Å². The SMILES string of the molecule is CC(O)C(O)C=CC1NC=CO1. The van der Waals surface area contributed by atoms with Gasteiger partial charge in [0, 0.05) is 6.20 Å². The molecule has 68 valence electrons. The highest BCUT2D eigenvalue weighted by atomic mass is 16.5. The van der Waals surface area contributed by atoms with Gasteiger partial charge in [-0.15, -0.1) is 0 Å². The lowest BCUT2D eigenvalue weighted by molar-refractivity contribution is 0.0609. The van der Waals surface area contributed by atoms with Crippen molar-refractivity contribution in [3.63, 3.8) is 0 Å². The number of aliphatic hydroxyl groups excluding tert-OH is 2. The first-order chi connectivity index (χ1) is 5.70. The highest BCUT2D eigenvalue weighted by Crippen LogP contribution is 2.01. The first-order valence-corrected chi connectivity index (χ1v) is 3.81. The van der Waals surface area contributed by atoms with E-state index in [0.717, 1.165) is 0 Å². The molecule has 4 nitrogen and oxygen atoms in total. The van der Waals surface area contributed by atoms with Gasteiger partial charge < -0.3 is 20.3 Å². The van der Waals surface area contributed by atoms with Gasteiger partial charge in [-0.1, -0.05) is 6.08 Å². The van der Waals surface area contributed by atoms with Crippen LogP contribution in [0.4, 0.5) is 0 Å². The van der Waals surface area contributed by atoms with Gasteiger partial charge in [0.1, 0.15) is 6.26 Å². The summed E-state index contributed by atoms with van der Waals surface area (Å²) < 4.78 is 5.01. The van der Waals surface area contributed by atoms with E-state index in [2.05, 4.69) is 5.32 Å². The summed E-state index contributed by atoms with van der Waals surface area (Å²) in [6.07, 6.45) is 4.53. The van der Waals surface area contributed by atoms with Crippen LogP contribution in [-0.4, -0.2) is 28.6 Å². The van der Waals surface area contributed by atoms with E-state index >= 15 is 0 Å². The molecule has 4 heteroatoms. The zero-order chi connectivity index (χ0) is 8.97. The van der Waals surface area contributed by atoms with Crippen LogP contribution in [0.5, 0.6) is 0 Å². The van der Waals surface area contributed by atoms with E-state index in [9.17, 15) is 0 Å². The maximum atomic E-state index is 9.15. The van der Waals surface area contributed by atoms with Gasteiger partial charge in [0.2, 0.25) is 0 Å². The van der Waals surface area contributed by atoms with Crippen molar-refractivity contribution in [2.45, 2.75) is 25.4 Å². The second-order valence-corrected chi connectivity index (χ2v) is 2.64. The number of hydrogen-bond acceptors (Lipinski definition) is 4. The van der Waals surface area contributed by atoms with Gasteiger partial charge in [0.05, 0.1) is 12.2 Å². The van der Waals surface area contributed by atoms with E-state index in [1.807, 2.05) is 0 Å². The molecule has 0 aromatic carbocycles. The third-order valence-electron chi connectivity index (χ3n) is 1.53. The summed E-state index contributed by atoms with van der Waals surface area (Å²) in [5.74, 6) is 0. The molecule has 0 spiro atoms. The van der Waals surface area contributed by atoms with E-state index in [0.29, 0.717) is 0 Å². The molecule has 3 unspecified atom stereocenters. The molecule has 1 rings (SSSR count). The van der Waals surface area contributed by atoms with E-state index in [1.165, 1.54) is 19.3 Å². The van der Waals surface area contributed by atoms with Crippen LogP contribution < -0.4 is 5.32 Å². The lowest BCUT2D eigenvalue weighted by Crippen LogP contribution is -2.22. The molecule has 0 aliphatic carbocycles. The lowest BCUT2D eigenvalue weighted by Gasteiger charge is -2.10. The molecule has 0 saturated carbocycles. The maximum Gasteiger partial charge on any atom is 0.188 e. The van der Waals surface area contributed by atoms with Gasteiger partial charge in [-0.25, -0.2) is 0 Å². The molecular weight excluding hydrogens is 158 g/mol. The zero-order valence-corrected chi connectivity index (χ0v) is 6.84. The molecule has 3 N–H and O–H groups in total. The predicted octanol–water partition coefficient (Wildman–Crippen LogP) is -0.299. The Bertz CT molecular complexity index is 177. The van der Waals surface area contributed by atoms with Crippen molar-refractivity contribution in [3.8, 4) is 0 Å². The second kappa shape index (κ2) is 4.13. The van der Waals surface area contributed by atoms with Gasteiger partial charge >= 0.3 is 0 Å². The number of rotatable bonds is 3. The molecule has 0 amide bonds. The van der Waals surface area contributed by atoms with Crippen molar-refractivity contribution in [1.29, 1.82) is 0 Å². The van der Waals surface area contributed by atoms with Crippen LogP contribution >= 0.6 is 0 Å². The fourth-order valence-electron chi connectivity index (χ4n) is 0.774. The van der Waals surface area contributed by atoms with E-state index in [1.54, 1.807) is 12.3 Å². The minimum absolute atomic E-state index is 0.224. The van der Waals surface area contributed by atoms with E-state index in [-0.39, 0.29) is 6.23 Å². The van der Waals surface area contributed by atoms with Crippen LogP contribution in [0.25, 0.3) is 0 Å². The molecule has 0 aromatic heterocycles. The Morgan fingerprint density at radius 3 is 2.83 bits per heavy atom. The lowest BCUT2D eigenvalue weighted by atomic mass is 10.2. The summed E-state index contributed by atoms with van der Waals surface area (Å²) >= 11 is 0. The minimum Gasteiger partial charge on any atom is -0.473 e. The Kier molecular flexibility index (Phi) is 3.13. The molecule has 0 bridgehead atoms. The molecule has 0 aromatic rings. The number of aliphatic hydroxyl groups is 2. The molecule has 1 aliphatic rings. The van der Waals surface area contributed by atoms with Crippen LogP contribution in [0.3, 0.4) is 0 Å². The fourth-order valence-corrected chi connectivity index (χ4v) is 0.774. The first-order valence-electron chi connectivity index (χ1n) is 3.81. The van der Waals surface area contributed by atoms with Crippen LogP contribution in [0.15, 0.2) is 24.6 Å². The molecule has 0 saturated heterocycles. The summed E-state index contributed by atoms with van der Waals surface area (Å²) in [5, 5.41) is 20.9. The van der Waals surface area contributed by atoms with Gasteiger partial charge in [0.25, 0.3) is 0 Å². The van der Waals surface area contributed by atoms with Crippen LogP contribution in [-0.2, 0) is 4.74 Å². The Morgan fingerprint density at radius 1 is 1.58 bits per heavy atom. The predicted molar refractivity (Wildman–Crippen MR) is 44.0 cm³/mol. The van der Waals surface area contributed by atoms with E-state index < -0.39 is 12.2 Å². The largest absolute Gasteiger partial charge is 0.473 e. The Morgan fingerprint density at radius 2 is 2.33 bits per heavy atom. The molecule has 3 atom stereocenters. The second-order valence-electron chi connectivity index (χ2n) is 2.64. The zero-order valence-electron chi connectivity index (χ0n) is 6.84. The maximum absolute atomic E-state index is 9.15. The topological polar surface area (TPSA) is 61.7 Å². The van der Waals surface area contributed by atoms with Gasteiger partial charge in [-0.2, -0.15) is 0 Å². The van der Waals surface area contributed by atoms with Crippen LogP contribution in [0.1, 0.15) is 6.92 Å². The van der Waals surface area contributed by atoms with Crippen molar-refractivity contribution in [1.82, 2.24) is 5.32 Å². The van der Waals surface area contributed by atoms with Crippen molar-refractivity contribution in [2.75, 3.05) is 0 Å². The van der Waals surface area contributed by atoms with Gasteiger partial charge in [-0.05, 0) is 13.0 Å². The summed E-state index contributed by atoms with van der Waals surface area (Å²) in [6.45, 7) is 1.52. The minimum atomic E-state index is -0.837. The summed E-state index contributed by atoms with van der Waals surface area (Å²) in [5.41, 5.74) is 0. The van der Waals surface area contributed by atoms with Gasteiger partial charge in [-0.3, -0.25) is 0 Å². The van der Waals surface area contributed by atoms with Crippen molar-refractivity contribution >= 4 is 0 Å².